The Balaban J connectivity index is 1.71. The van der Waals surface area contributed by atoms with Gasteiger partial charge in [0.25, 0.3) is 0 Å². The van der Waals surface area contributed by atoms with Crippen LogP contribution < -0.4 is 5.32 Å². The molecule has 2 rings (SSSR count). The summed E-state index contributed by atoms with van der Waals surface area (Å²) in [6, 6.07) is 0. The summed E-state index contributed by atoms with van der Waals surface area (Å²) in [4.78, 5) is 20.2. The highest BCUT2D eigenvalue weighted by Gasteiger charge is 2.27. The average Bonchev–Trinajstić information content (AvgIpc) is 2.59. The molecular weight excluding hydrogens is 332 g/mol. The molecule has 9 heteroatoms. The first-order valence-corrected chi connectivity index (χ1v) is 10.2. The molecule has 24 heavy (non-hydrogen) atoms. The zero-order chi connectivity index (χ0) is 17.6. The molecule has 0 unspecified atom stereocenters. The first-order chi connectivity index (χ1) is 11.4. The lowest BCUT2D eigenvalue weighted by Crippen LogP contribution is -2.49. The van der Waals surface area contributed by atoms with E-state index in [1.54, 1.807) is 7.05 Å². The summed E-state index contributed by atoms with van der Waals surface area (Å²) in [7, 11) is 0.359. The number of guanidine groups is 1. The topological polar surface area (TPSA) is 91.3 Å². The lowest BCUT2D eigenvalue weighted by atomic mass is 9.97. The van der Waals surface area contributed by atoms with Gasteiger partial charge in [-0.3, -0.25) is 14.7 Å². The predicted octanol–water partition coefficient (Wildman–Crippen LogP) is -0.823. The van der Waals surface area contributed by atoms with Crippen LogP contribution >= 0.6 is 0 Å². The fraction of sp³-hybridized carbons (Fsp3) is 0.867. The van der Waals surface area contributed by atoms with Crippen molar-refractivity contribution in [1.29, 1.82) is 0 Å². The van der Waals surface area contributed by atoms with Crippen molar-refractivity contribution in [2.45, 2.75) is 12.8 Å². The van der Waals surface area contributed by atoms with Crippen LogP contribution in [0.1, 0.15) is 12.8 Å². The van der Waals surface area contributed by atoms with Crippen molar-refractivity contribution in [2.75, 3.05) is 64.9 Å². The molecule has 2 heterocycles. The third-order valence-electron chi connectivity index (χ3n) is 4.69. The molecule has 0 spiro atoms. The minimum Gasteiger partial charge on any atom is -0.469 e. The second kappa shape index (κ2) is 8.66. The third kappa shape index (κ3) is 5.34. The number of hydrogen-bond donors (Lipinski definition) is 1. The van der Waals surface area contributed by atoms with E-state index in [9.17, 15) is 13.2 Å². The molecule has 138 valence electrons. The molecule has 2 aliphatic rings. The van der Waals surface area contributed by atoms with Crippen LogP contribution in [0.5, 0.6) is 0 Å². The molecule has 2 aliphatic heterocycles. The lowest BCUT2D eigenvalue weighted by Gasteiger charge is -2.33. The highest BCUT2D eigenvalue weighted by Crippen LogP contribution is 2.18. The van der Waals surface area contributed by atoms with E-state index in [1.165, 1.54) is 7.11 Å². The Bertz CT molecular complexity index is 542. The van der Waals surface area contributed by atoms with Crippen LogP contribution in [0.4, 0.5) is 0 Å². The number of carbonyl (C=O) groups excluding carboxylic acids is 1. The molecule has 2 fully saturated rings. The van der Waals surface area contributed by atoms with Crippen molar-refractivity contribution in [1.82, 2.24) is 15.1 Å². The van der Waals surface area contributed by atoms with Crippen LogP contribution in [-0.4, -0.2) is 95.1 Å². The first kappa shape index (κ1) is 19.0. The molecule has 2 saturated heterocycles. The van der Waals surface area contributed by atoms with Crippen molar-refractivity contribution in [2.24, 2.45) is 10.9 Å². The van der Waals surface area contributed by atoms with Gasteiger partial charge in [-0.15, -0.1) is 0 Å². The van der Waals surface area contributed by atoms with E-state index in [4.69, 9.17) is 4.74 Å². The highest BCUT2D eigenvalue weighted by molar-refractivity contribution is 7.91. The van der Waals surface area contributed by atoms with Gasteiger partial charge in [0.05, 0.1) is 24.5 Å². The second-order valence-corrected chi connectivity index (χ2v) is 8.56. The van der Waals surface area contributed by atoms with Gasteiger partial charge in [0.15, 0.2) is 15.8 Å². The van der Waals surface area contributed by atoms with Crippen LogP contribution in [0.25, 0.3) is 0 Å². The van der Waals surface area contributed by atoms with Crippen LogP contribution in [0.15, 0.2) is 4.99 Å². The maximum absolute atomic E-state index is 11.6. The molecule has 0 radical (unpaired) electrons. The summed E-state index contributed by atoms with van der Waals surface area (Å²) in [5, 5.41) is 3.33. The molecule has 8 nitrogen and oxygen atoms in total. The number of esters is 1. The minimum atomic E-state index is -2.83. The number of methoxy groups -OCH3 is 1. The largest absolute Gasteiger partial charge is 0.469 e. The van der Waals surface area contributed by atoms with Gasteiger partial charge >= 0.3 is 5.97 Å². The van der Waals surface area contributed by atoms with Gasteiger partial charge in [-0.05, 0) is 12.8 Å². The Hall–Kier alpha value is -1.35. The van der Waals surface area contributed by atoms with Crippen molar-refractivity contribution in [3.63, 3.8) is 0 Å². The van der Waals surface area contributed by atoms with Gasteiger partial charge in [0.1, 0.15) is 0 Å². The predicted molar refractivity (Wildman–Crippen MR) is 92.8 cm³/mol. The van der Waals surface area contributed by atoms with E-state index in [0.717, 1.165) is 45.0 Å². The number of ether oxygens (including phenoxy) is 1. The minimum absolute atomic E-state index is 0.0142. The van der Waals surface area contributed by atoms with E-state index < -0.39 is 9.84 Å². The number of rotatable bonds is 4. The second-order valence-electron chi connectivity index (χ2n) is 6.25. The monoisotopic (exact) mass is 360 g/mol. The van der Waals surface area contributed by atoms with E-state index >= 15 is 0 Å². The number of piperidine rings is 1. The summed E-state index contributed by atoms with van der Waals surface area (Å²) in [5.41, 5.74) is 0. The van der Waals surface area contributed by atoms with E-state index in [1.807, 2.05) is 0 Å². The van der Waals surface area contributed by atoms with Crippen LogP contribution in [0, 0.1) is 5.92 Å². The molecule has 0 aromatic heterocycles. The van der Waals surface area contributed by atoms with Crippen molar-refractivity contribution in [3.8, 4) is 0 Å². The normalized spacial score (nSPS) is 23.1. The van der Waals surface area contributed by atoms with Gasteiger partial charge in [-0.1, -0.05) is 0 Å². The SMILES string of the molecule is CN=C(NCCN1CCS(=O)(=O)CC1)N1CCC(C(=O)OC)CC1. The number of aliphatic imine (C=N–C) groups is 1. The molecule has 0 bridgehead atoms. The molecule has 0 aliphatic carbocycles. The fourth-order valence-corrected chi connectivity index (χ4v) is 4.40. The fourth-order valence-electron chi connectivity index (χ4n) is 3.13. The maximum Gasteiger partial charge on any atom is 0.308 e. The molecule has 0 amide bonds. The maximum atomic E-state index is 11.6. The van der Waals surface area contributed by atoms with Gasteiger partial charge in [0.2, 0.25) is 0 Å². The lowest BCUT2D eigenvalue weighted by molar-refractivity contribution is -0.146. The Morgan fingerprint density at radius 2 is 1.83 bits per heavy atom. The van der Waals surface area contributed by atoms with Crippen LogP contribution in [-0.2, 0) is 19.4 Å². The summed E-state index contributed by atoms with van der Waals surface area (Å²) in [5.74, 6) is 1.20. The van der Waals surface area contributed by atoms with Crippen molar-refractivity contribution in [3.05, 3.63) is 0 Å². The Labute approximate surface area is 144 Å². The summed E-state index contributed by atoms with van der Waals surface area (Å²) >= 11 is 0. The molecule has 0 aromatic carbocycles. The number of nitrogens with zero attached hydrogens (tertiary/aromatic N) is 3. The Kier molecular flexibility index (Phi) is 6.85. The van der Waals surface area contributed by atoms with E-state index in [0.29, 0.717) is 13.1 Å². The van der Waals surface area contributed by atoms with Gasteiger partial charge < -0.3 is 15.0 Å². The van der Waals surface area contributed by atoms with Gasteiger partial charge in [0, 0.05) is 46.3 Å². The van der Waals surface area contributed by atoms with Crippen LogP contribution in [0.2, 0.25) is 0 Å². The molecule has 0 aromatic rings. The molecular formula is C15H28N4O4S. The highest BCUT2D eigenvalue weighted by atomic mass is 32.2. The van der Waals surface area contributed by atoms with Crippen molar-refractivity contribution >= 4 is 21.8 Å². The third-order valence-corrected chi connectivity index (χ3v) is 6.30. The summed E-state index contributed by atoms with van der Waals surface area (Å²) in [6.07, 6.45) is 1.55. The molecule has 0 atom stereocenters. The Morgan fingerprint density at radius 1 is 1.21 bits per heavy atom. The number of carbonyl (C=O) groups is 1. The Morgan fingerprint density at radius 3 is 2.38 bits per heavy atom. The van der Waals surface area contributed by atoms with E-state index in [2.05, 4.69) is 20.1 Å². The zero-order valence-electron chi connectivity index (χ0n) is 14.5. The summed E-state index contributed by atoms with van der Waals surface area (Å²) in [6.45, 7) is 4.29. The molecule has 1 N–H and O–H groups in total. The van der Waals surface area contributed by atoms with Crippen LogP contribution in [0.3, 0.4) is 0 Å². The number of sulfone groups is 1. The number of hydrogen-bond acceptors (Lipinski definition) is 6. The summed E-state index contributed by atoms with van der Waals surface area (Å²) < 4.78 is 27.7. The zero-order valence-corrected chi connectivity index (χ0v) is 15.3. The van der Waals surface area contributed by atoms with Gasteiger partial charge in [-0.2, -0.15) is 0 Å². The van der Waals surface area contributed by atoms with Crippen molar-refractivity contribution < 1.29 is 17.9 Å². The smallest absolute Gasteiger partial charge is 0.308 e. The quantitative estimate of drug-likeness (QED) is 0.398. The number of nitrogens with one attached hydrogen (secondary N) is 1. The standard InChI is InChI=1S/C15H28N4O4S/c1-16-15(19-6-3-13(4-7-19)14(20)23-2)17-5-8-18-9-11-24(21,22)12-10-18/h13H,3-12H2,1-2H3,(H,16,17). The van der Waals surface area contributed by atoms with E-state index in [-0.39, 0.29) is 23.4 Å². The average molecular weight is 360 g/mol. The molecule has 0 saturated carbocycles. The van der Waals surface area contributed by atoms with Gasteiger partial charge in [-0.25, -0.2) is 8.42 Å². The number of likely N-dealkylation sites (tertiary alicyclic amines) is 1. The first-order valence-electron chi connectivity index (χ1n) is 8.41.